The molecule has 0 aliphatic carbocycles. The highest BCUT2D eigenvalue weighted by molar-refractivity contribution is 6.28. The van der Waals surface area contributed by atoms with Gasteiger partial charge in [-0.15, -0.1) is 0 Å². The minimum absolute atomic E-state index is 0.590. The van der Waals surface area contributed by atoms with Gasteiger partial charge in [0.2, 0.25) is 0 Å². The van der Waals surface area contributed by atoms with Crippen molar-refractivity contribution in [3.63, 3.8) is 0 Å². The van der Waals surface area contributed by atoms with Crippen LogP contribution in [0.25, 0.3) is 64.6 Å². The van der Waals surface area contributed by atoms with Gasteiger partial charge < -0.3 is 56.8 Å². The Hall–Kier alpha value is -7.08. The predicted octanol–water partition coefficient (Wildman–Crippen LogP) is 21.9. The summed E-state index contributed by atoms with van der Waals surface area (Å²) in [6.07, 6.45) is 20.4. The maximum absolute atomic E-state index is 6.71. The Labute approximate surface area is 537 Å². The van der Waals surface area contributed by atoms with Crippen molar-refractivity contribution in [3.8, 4) is 69.0 Å². The van der Waals surface area contributed by atoms with E-state index in [1.165, 1.54) is 38.5 Å². The summed E-state index contributed by atoms with van der Waals surface area (Å²) in [7, 11) is 0. The quantitative estimate of drug-likeness (QED) is 0.0268. The van der Waals surface area contributed by atoms with Crippen LogP contribution < -0.4 is 56.8 Å². The SMILES string of the molecule is CCCOc1cc2c3cc(OCCC)c(OCCC)cc3c3cc(OCCCCCCCCCCCCOc4cc5c6cc(OCCC)c(OCCC)cc6c6cc(OCCC)c(OCCC)cc6c5cc4OCCC)c(OCCC)cc3c2cc1OCCC. The van der Waals surface area contributed by atoms with Crippen LogP contribution in [0.1, 0.15) is 198 Å². The summed E-state index contributed by atoms with van der Waals surface area (Å²) >= 11 is 0. The zero-order valence-electron chi connectivity index (χ0n) is 56.5. The van der Waals surface area contributed by atoms with E-state index in [1.54, 1.807) is 0 Å². The third-order valence-electron chi connectivity index (χ3n) is 15.9. The van der Waals surface area contributed by atoms with Crippen molar-refractivity contribution in [3.05, 3.63) is 72.8 Å². The van der Waals surface area contributed by atoms with E-state index in [-0.39, 0.29) is 0 Å². The fraction of sp³-hybridized carbons (Fsp3) is 0.538. The van der Waals surface area contributed by atoms with Gasteiger partial charge in [0.25, 0.3) is 0 Å². The van der Waals surface area contributed by atoms with E-state index in [2.05, 4.69) is 142 Å². The Kier molecular flexibility index (Phi) is 28.1. The van der Waals surface area contributed by atoms with Gasteiger partial charge >= 0.3 is 0 Å². The molecule has 0 saturated carbocycles. The van der Waals surface area contributed by atoms with Crippen LogP contribution in [0.3, 0.4) is 0 Å². The van der Waals surface area contributed by atoms with Gasteiger partial charge in [0.1, 0.15) is 0 Å². The summed E-state index contributed by atoms with van der Waals surface area (Å²) in [6, 6.07) is 25.9. The lowest BCUT2D eigenvalue weighted by atomic mass is 9.93. The molecule has 0 saturated heterocycles. The molecule has 0 spiro atoms. The number of ether oxygens (including phenoxy) is 12. The topological polar surface area (TPSA) is 111 Å². The van der Waals surface area contributed by atoms with Crippen LogP contribution in [-0.4, -0.2) is 79.3 Å². The maximum atomic E-state index is 6.71. The number of fused-ring (bicyclic) bond motifs is 12. The summed E-state index contributed by atoms with van der Waals surface area (Å²) in [4.78, 5) is 0. The zero-order chi connectivity index (χ0) is 63.5. The number of hydrogen-bond acceptors (Lipinski definition) is 12. The monoisotopic (exact) mass is 1230 g/mol. The van der Waals surface area contributed by atoms with Crippen LogP contribution in [0.2, 0.25) is 0 Å². The molecule has 0 aliphatic heterocycles. The Bertz CT molecular complexity index is 3200. The predicted molar refractivity (Wildman–Crippen MR) is 373 cm³/mol. The molecule has 12 heteroatoms. The molecular formula is C78H106O12. The largest absolute Gasteiger partial charge is 0.490 e. The summed E-state index contributed by atoms with van der Waals surface area (Å²) in [5.41, 5.74) is 0. The third kappa shape index (κ3) is 17.9. The van der Waals surface area contributed by atoms with Gasteiger partial charge in [0.15, 0.2) is 69.0 Å². The van der Waals surface area contributed by atoms with Crippen LogP contribution in [-0.2, 0) is 0 Å². The molecular weight excluding hydrogens is 1130 g/mol. The molecule has 0 radical (unpaired) electrons. The molecule has 0 aromatic heterocycles. The molecule has 0 bridgehead atoms. The second-order valence-corrected chi connectivity index (χ2v) is 23.8. The molecule has 12 nitrogen and oxygen atoms in total. The standard InChI is InChI=1S/C78H106O12/c1-11-31-79-67-43-55-57-45-69(81-33-13-3)73(85-37-17-7)49-61(57)65-53-77(75(87-39-19-9)51-63(65)59(55)47-71(67)83-35-15-5)89-41-29-27-25-23-21-22-24-26-28-30-42-90-78-54-66-62-50-74(86-38-18-8)70(82-34-14-4)46-58(62)56-44-68(80-32-12-2)72(84-36-16-6)48-60(56)64(66)52-76(78)88-40-20-10/h43-54H,11-42H2,1-10H3. The van der Waals surface area contributed by atoms with Crippen LogP contribution >= 0.6 is 0 Å². The van der Waals surface area contributed by atoms with Crippen molar-refractivity contribution in [1.82, 2.24) is 0 Å². The molecule has 8 aromatic rings. The number of benzene rings is 8. The highest BCUT2D eigenvalue weighted by Gasteiger charge is 2.23. The van der Waals surface area contributed by atoms with Crippen LogP contribution in [0.5, 0.6) is 69.0 Å². The van der Waals surface area contributed by atoms with E-state index >= 15 is 0 Å². The Morgan fingerprint density at radius 2 is 0.244 bits per heavy atom. The first-order valence-corrected chi connectivity index (χ1v) is 34.9. The second kappa shape index (κ2) is 36.7. The minimum Gasteiger partial charge on any atom is -0.490 e. The van der Waals surface area contributed by atoms with Gasteiger partial charge in [0.05, 0.1) is 79.3 Å². The fourth-order valence-electron chi connectivity index (χ4n) is 11.5. The van der Waals surface area contributed by atoms with Crippen molar-refractivity contribution in [1.29, 1.82) is 0 Å². The first kappa shape index (κ1) is 68.8. The summed E-state index contributed by atoms with van der Waals surface area (Å²) in [5, 5.41) is 12.7. The number of hydrogen-bond donors (Lipinski definition) is 0. The molecule has 0 fully saturated rings. The van der Waals surface area contributed by atoms with E-state index < -0.39 is 0 Å². The Morgan fingerprint density at radius 3 is 0.356 bits per heavy atom. The van der Waals surface area contributed by atoms with E-state index in [0.29, 0.717) is 79.3 Å². The van der Waals surface area contributed by atoms with E-state index in [1.807, 2.05) is 0 Å². The summed E-state index contributed by atoms with van der Waals surface area (Å²) < 4.78 is 77.5. The fourth-order valence-corrected chi connectivity index (χ4v) is 11.5. The van der Waals surface area contributed by atoms with Crippen LogP contribution in [0.15, 0.2) is 72.8 Å². The van der Waals surface area contributed by atoms with Gasteiger partial charge in [-0.2, -0.15) is 0 Å². The van der Waals surface area contributed by atoms with Crippen molar-refractivity contribution in [2.24, 2.45) is 0 Å². The lowest BCUT2D eigenvalue weighted by Gasteiger charge is -2.20. The Balaban J connectivity index is 0.906. The van der Waals surface area contributed by atoms with Gasteiger partial charge in [0, 0.05) is 0 Å². The number of unbranched alkanes of at least 4 members (excludes halogenated alkanes) is 9. The lowest BCUT2D eigenvalue weighted by molar-refractivity contribution is 0.263. The van der Waals surface area contributed by atoms with E-state index in [4.69, 9.17) is 56.8 Å². The van der Waals surface area contributed by atoms with Crippen molar-refractivity contribution >= 4 is 64.6 Å². The average Bonchev–Trinajstić information content (AvgIpc) is 0.741. The van der Waals surface area contributed by atoms with E-state index in [9.17, 15) is 0 Å². The molecule has 0 heterocycles. The highest BCUT2D eigenvalue weighted by Crippen LogP contribution is 2.50. The number of rotatable bonds is 45. The molecule has 8 rings (SSSR count). The molecule has 0 N–H and O–H groups in total. The first-order valence-electron chi connectivity index (χ1n) is 34.9. The summed E-state index contributed by atoms with van der Waals surface area (Å²) in [5.74, 6) is 9.01. The average molecular weight is 1240 g/mol. The van der Waals surface area contributed by atoms with Gasteiger partial charge in [-0.05, 0) is 214 Å². The zero-order valence-corrected chi connectivity index (χ0v) is 56.5. The third-order valence-corrected chi connectivity index (χ3v) is 15.9. The first-order chi connectivity index (χ1) is 44.3. The van der Waals surface area contributed by atoms with Gasteiger partial charge in [-0.3, -0.25) is 0 Å². The molecule has 8 aromatic carbocycles. The van der Waals surface area contributed by atoms with Crippen molar-refractivity contribution in [2.45, 2.75) is 198 Å². The molecule has 0 aliphatic rings. The van der Waals surface area contributed by atoms with Gasteiger partial charge in [-0.1, -0.05) is 121 Å². The Morgan fingerprint density at radius 1 is 0.144 bits per heavy atom. The lowest BCUT2D eigenvalue weighted by Crippen LogP contribution is -2.04. The summed E-state index contributed by atoms with van der Waals surface area (Å²) in [6.45, 7) is 28.5. The highest BCUT2D eigenvalue weighted by atomic mass is 16.5. The molecule has 0 atom stereocenters. The van der Waals surface area contributed by atoms with E-state index in [0.717, 1.165) is 224 Å². The second-order valence-electron chi connectivity index (χ2n) is 23.8. The van der Waals surface area contributed by atoms with Crippen molar-refractivity contribution in [2.75, 3.05) is 79.3 Å². The molecule has 490 valence electrons. The van der Waals surface area contributed by atoms with Crippen LogP contribution in [0, 0.1) is 0 Å². The maximum Gasteiger partial charge on any atom is 0.161 e. The van der Waals surface area contributed by atoms with Gasteiger partial charge in [-0.25, -0.2) is 0 Å². The molecule has 0 unspecified atom stereocenters. The molecule has 0 amide bonds. The molecule has 90 heavy (non-hydrogen) atoms. The smallest absolute Gasteiger partial charge is 0.161 e. The van der Waals surface area contributed by atoms with Crippen LogP contribution in [0.4, 0.5) is 0 Å². The minimum atomic E-state index is 0.590. The normalized spacial score (nSPS) is 11.5. The van der Waals surface area contributed by atoms with Crippen molar-refractivity contribution < 1.29 is 56.8 Å².